The summed E-state index contributed by atoms with van der Waals surface area (Å²) in [7, 11) is 1.94. The van der Waals surface area contributed by atoms with E-state index in [0.717, 1.165) is 31.5 Å². The van der Waals surface area contributed by atoms with Gasteiger partial charge in [-0.3, -0.25) is 4.79 Å². The molecule has 98 valence electrons. The number of carbonyl (C=O) groups excluding carboxylic acids is 1. The fraction of sp³-hybridized carbons (Fsp3) is 0.533. The predicted octanol–water partition coefficient (Wildman–Crippen LogP) is 1.75. The van der Waals surface area contributed by atoms with Gasteiger partial charge in [-0.15, -0.1) is 0 Å². The smallest absolute Gasteiger partial charge is 0.226 e. The highest BCUT2D eigenvalue weighted by Gasteiger charge is 2.21. The van der Waals surface area contributed by atoms with E-state index in [2.05, 4.69) is 24.4 Å². The van der Waals surface area contributed by atoms with Crippen molar-refractivity contribution in [2.75, 3.05) is 20.1 Å². The molecule has 1 aromatic rings. The van der Waals surface area contributed by atoms with E-state index in [1.165, 1.54) is 5.56 Å². The van der Waals surface area contributed by atoms with Gasteiger partial charge in [0.15, 0.2) is 0 Å². The highest BCUT2D eigenvalue weighted by atomic mass is 16.2. The van der Waals surface area contributed by atoms with Crippen LogP contribution in [0.5, 0.6) is 0 Å². The van der Waals surface area contributed by atoms with Gasteiger partial charge in [-0.2, -0.15) is 0 Å². The lowest BCUT2D eigenvalue weighted by Gasteiger charge is -2.31. The first kappa shape index (κ1) is 13.1. The van der Waals surface area contributed by atoms with Crippen molar-refractivity contribution < 1.29 is 4.79 Å². The summed E-state index contributed by atoms with van der Waals surface area (Å²) in [5, 5.41) is 3.33. The molecule has 1 N–H and O–H groups in total. The van der Waals surface area contributed by atoms with Crippen molar-refractivity contribution in [3.8, 4) is 0 Å². The summed E-state index contributed by atoms with van der Waals surface area (Å²) in [4.78, 5) is 14.1. The molecule has 1 aromatic carbocycles. The second kappa shape index (κ2) is 6.01. The Morgan fingerprint density at radius 1 is 1.28 bits per heavy atom. The van der Waals surface area contributed by atoms with E-state index in [1.807, 2.05) is 24.1 Å². The minimum absolute atomic E-state index is 0.228. The zero-order valence-corrected chi connectivity index (χ0v) is 11.3. The molecule has 0 aliphatic carbocycles. The van der Waals surface area contributed by atoms with Gasteiger partial charge in [0.2, 0.25) is 5.91 Å². The zero-order chi connectivity index (χ0) is 13.0. The summed E-state index contributed by atoms with van der Waals surface area (Å²) in [5.74, 6) is 0.228. The number of benzene rings is 1. The van der Waals surface area contributed by atoms with Gasteiger partial charge in [-0.25, -0.2) is 0 Å². The first-order chi connectivity index (χ1) is 8.66. The van der Waals surface area contributed by atoms with Gasteiger partial charge in [0.1, 0.15) is 0 Å². The second-order valence-electron chi connectivity index (χ2n) is 5.15. The first-order valence-electron chi connectivity index (χ1n) is 6.69. The Balaban J connectivity index is 1.92. The first-order valence-corrected chi connectivity index (χ1v) is 6.69. The predicted molar refractivity (Wildman–Crippen MR) is 73.5 cm³/mol. The summed E-state index contributed by atoms with van der Waals surface area (Å²) in [6.45, 7) is 4.10. The van der Waals surface area contributed by atoms with Crippen molar-refractivity contribution in [2.45, 2.75) is 32.2 Å². The van der Waals surface area contributed by atoms with Crippen molar-refractivity contribution in [3.63, 3.8) is 0 Å². The molecule has 0 aromatic heterocycles. The number of nitrogens with one attached hydrogen (secondary N) is 1. The number of amides is 1. The molecule has 2 rings (SSSR count). The maximum absolute atomic E-state index is 12.2. The van der Waals surface area contributed by atoms with E-state index < -0.39 is 0 Å². The van der Waals surface area contributed by atoms with Crippen LogP contribution in [0, 0.1) is 6.92 Å². The molecule has 18 heavy (non-hydrogen) atoms. The number of carbonyl (C=O) groups is 1. The van der Waals surface area contributed by atoms with Gasteiger partial charge in [-0.05, 0) is 38.4 Å². The minimum atomic E-state index is 0.228. The molecule has 0 unspecified atom stereocenters. The van der Waals surface area contributed by atoms with Gasteiger partial charge in [-0.1, -0.05) is 29.8 Å². The quantitative estimate of drug-likeness (QED) is 0.881. The molecule has 0 saturated carbocycles. The van der Waals surface area contributed by atoms with Crippen molar-refractivity contribution in [1.29, 1.82) is 0 Å². The molecule has 1 amide bonds. The van der Waals surface area contributed by atoms with Gasteiger partial charge < -0.3 is 10.2 Å². The molecule has 1 fully saturated rings. The molecule has 3 nitrogen and oxygen atoms in total. The molecule has 0 bridgehead atoms. The number of hydrogen-bond donors (Lipinski definition) is 1. The summed E-state index contributed by atoms with van der Waals surface area (Å²) in [5.41, 5.74) is 2.34. The van der Waals surface area contributed by atoms with Crippen molar-refractivity contribution in [2.24, 2.45) is 0 Å². The van der Waals surface area contributed by atoms with Crippen LogP contribution in [-0.2, 0) is 11.2 Å². The lowest BCUT2D eigenvalue weighted by atomic mass is 10.0. The second-order valence-corrected chi connectivity index (χ2v) is 5.15. The molecule has 0 radical (unpaired) electrons. The number of piperidine rings is 1. The number of hydrogen-bond acceptors (Lipinski definition) is 2. The Morgan fingerprint density at radius 2 is 1.89 bits per heavy atom. The lowest BCUT2D eigenvalue weighted by molar-refractivity contribution is -0.131. The third kappa shape index (κ3) is 3.33. The summed E-state index contributed by atoms with van der Waals surface area (Å²) >= 11 is 0. The van der Waals surface area contributed by atoms with Crippen molar-refractivity contribution in [3.05, 3.63) is 35.4 Å². The van der Waals surface area contributed by atoms with Gasteiger partial charge in [0, 0.05) is 13.1 Å². The Labute approximate surface area is 109 Å². The van der Waals surface area contributed by atoms with E-state index in [-0.39, 0.29) is 5.91 Å². The molecule has 1 aliphatic rings. The van der Waals surface area contributed by atoms with E-state index in [9.17, 15) is 4.79 Å². The molecule has 0 atom stereocenters. The molecule has 0 spiro atoms. The third-order valence-electron chi connectivity index (χ3n) is 3.73. The zero-order valence-electron chi connectivity index (χ0n) is 11.3. The minimum Gasteiger partial charge on any atom is -0.342 e. The van der Waals surface area contributed by atoms with Gasteiger partial charge in [0.05, 0.1) is 6.42 Å². The summed E-state index contributed by atoms with van der Waals surface area (Å²) in [6.07, 6.45) is 2.65. The average Bonchev–Trinajstić information content (AvgIpc) is 2.41. The van der Waals surface area contributed by atoms with Crippen molar-refractivity contribution >= 4 is 5.91 Å². The molecule has 1 saturated heterocycles. The van der Waals surface area contributed by atoms with Crippen LogP contribution in [0.4, 0.5) is 0 Å². The Bertz CT molecular complexity index is 393. The molecular weight excluding hydrogens is 224 g/mol. The normalized spacial score (nSPS) is 16.6. The van der Waals surface area contributed by atoms with Gasteiger partial charge in [0.25, 0.3) is 0 Å². The lowest BCUT2D eigenvalue weighted by Crippen LogP contribution is -2.44. The summed E-state index contributed by atoms with van der Waals surface area (Å²) in [6, 6.07) is 8.62. The fourth-order valence-corrected chi connectivity index (χ4v) is 2.40. The Kier molecular flexibility index (Phi) is 4.37. The highest BCUT2D eigenvalue weighted by molar-refractivity contribution is 5.78. The fourth-order valence-electron chi connectivity index (χ4n) is 2.40. The van der Waals surface area contributed by atoms with Crippen LogP contribution in [0.1, 0.15) is 24.0 Å². The standard InChI is InChI=1S/C15H22N2O/c1-12-3-5-13(6-4-12)11-15(18)17(2)14-7-9-16-10-8-14/h3-6,14,16H,7-11H2,1-2H3. The topological polar surface area (TPSA) is 32.3 Å². The number of nitrogens with zero attached hydrogens (tertiary/aromatic N) is 1. The maximum atomic E-state index is 12.2. The number of rotatable bonds is 3. The summed E-state index contributed by atoms with van der Waals surface area (Å²) < 4.78 is 0. The Morgan fingerprint density at radius 3 is 2.50 bits per heavy atom. The van der Waals surface area contributed by atoms with Crippen LogP contribution in [-0.4, -0.2) is 37.0 Å². The largest absolute Gasteiger partial charge is 0.342 e. The average molecular weight is 246 g/mol. The van der Waals surface area contributed by atoms with Crippen LogP contribution >= 0.6 is 0 Å². The van der Waals surface area contributed by atoms with Crippen LogP contribution in [0.3, 0.4) is 0 Å². The van der Waals surface area contributed by atoms with E-state index in [1.54, 1.807) is 0 Å². The van der Waals surface area contributed by atoms with Crippen LogP contribution < -0.4 is 5.32 Å². The number of aryl methyl sites for hydroxylation is 1. The molecule has 1 aliphatic heterocycles. The van der Waals surface area contributed by atoms with E-state index >= 15 is 0 Å². The van der Waals surface area contributed by atoms with Crippen LogP contribution in [0.15, 0.2) is 24.3 Å². The number of likely N-dealkylation sites (N-methyl/N-ethyl adjacent to an activating group) is 1. The third-order valence-corrected chi connectivity index (χ3v) is 3.73. The van der Waals surface area contributed by atoms with Gasteiger partial charge >= 0.3 is 0 Å². The van der Waals surface area contributed by atoms with Crippen LogP contribution in [0.2, 0.25) is 0 Å². The Hall–Kier alpha value is -1.35. The molecule has 3 heteroatoms. The van der Waals surface area contributed by atoms with E-state index in [4.69, 9.17) is 0 Å². The molecule has 1 heterocycles. The molecular formula is C15H22N2O. The highest BCUT2D eigenvalue weighted by Crippen LogP contribution is 2.12. The monoisotopic (exact) mass is 246 g/mol. The maximum Gasteiger partial charge on any atom is 0.226 e. The van der Waals surface area contributed by atoms with Crippen molar-refractivity contribution in [1.82, 2.24) is 10.2 Å². The SMILES string of the molecule is Cc1ccc(CC(=O)N(C)C2CCNCC2)cc1. The van der Waals surface area contributed by atoms with E-state index in [0.29, 0.717) is 12.5 Å². The van der Waals surface area contributed by atoms with Crippen LogP contribution in [0.25, 0.3) is 0 Å².